The number of carbonyl (C=O) groups is 1. The number of alkyl halides is 3. The van der Waals surface area contributed by atoms with Crippen LogP contribution in [0.4, 0.5) is 18.9 Å². The number of hydrogen-bond donors (Lipinski definition) is 1. The van der Waals surface area contributed by atoms with Crippen LogP contribution in [0.25, 0.3) is 0 Å². The quantitative estimate of drug-likeness (QED) is 0.871. The molecule has 2 rings (SSSR count). The van der Waals surface area contributed by atoms with Crippen molar-refractivity contribution in [3.8, 4) is 5.75 Å². The SMILES string of the molecule is COc1ccc(NC(C)=O)cc1S(=O)(=O)N1CCC[C@H](C(F)(F)F)C1. The molecule has 0 saturated carbocycles. The second-order valence-electron chi connectivity index (χ2n) is 5.79. The van der Waals surface area contributed by atoms with Gasteiger partial charge in [-0.1, -0.05) is 0 Å². The van der Waals surface area contributed by atoms with Crippen LogP contribution in [-0.4, -0.2) is 45.0 Å². The molecule has 0 unspecified atom stereocenters. The number of hydrogen-bond acceptors (Lipinski definition) is 4. The largest absolute Gasteiger partial charge is 0.495 e. The number of halogens is 3. The van der Waals surface area contributed by atoms with Crippen LogP contribution < -0.4 is 10.1 Å². The van der Waals surface area contributed by atoms with E-state index >= 15 is 0 Å². The molecule has 0 aliphatic carbocycles. The zero-order valence-corrected chi connectivity index (χ0v) is 14.6. The van der Waals surface area contributed by atoms with Crippen molar-refractivity contribution in [2.75, 3.05) is 25.5 Å². The number of amides is 1. The van der Waals surface area contributed by atoms with Crippen LogP contribution in [0.3, 0.4) is 0 Å². The van der Waals surface area contributed by atoms with E-state index in [4.69, 9.17) is 4.74 Å². The van der Waals surface area contributed by atoms with E-state index in [1.165, 1.54) is 32.2 Å². The summed E-state index contributed by atoms with van der Waals surface area (Å²) in [5, 5.41) is 2.45. The van der Waals surface area contributed by atoms with Gasteiger partial charge in [-0.2, -0.15) is 17.5 Å². The highest BCUT2D eigenvalue weighted by Gasteiger charge is 2.44. The summed E-state index contributed by atoms with van der Waals surface area (Å²) in [6.45, 7) is 0.638. The molecule has 1 atom stereocenters. The Labute approximate surface area is 144 Å². The Kier molecular flexibility index (Phi) is 5.62. The highest BCUT2D eigenvalue weighted by molar-refractivity contribution is 7.89. The molecule has 25 heavy (non-hydrogen) atoms. The van der Waals surface area contributed by atoms with Gasteiger partial charge in [-0.15, -0.1) is 0 Å². The van der Waals surface area contributed by atoms with Gasteiger partial charge in [0.2, 0.25) is 15.9 Å². The van der Waals surface area contributed by atoms with Gasteiger partial charge < -0.3 is 10.1 Å². The molecule has 1 N–H and O–H groups in total. The van der Waals surface area contributed by atoms with E-state index in [0.29, 0.717) is 0 Å². The summed E-state index contributed by atoms with van der Waals surface area (Å²) in [6.07, 6.45) is -4.42. The molecule has 0 aromatic heterocycles. The fourth-order valence-electron chi connectivity index (χ4n) is 2.73. The predicted octanol–water partition coefficient (Wildman–Crippen LogP) is 2.62. The van der Waals surface area contributed by atoms with Crippen LogP contribution in [0.15, 0.2) is 23.1 Å². The third-order valence-electron chi connectivity index (χ3n) is 3.95. The first kappa shape index (κ1) is 19.5. The van der Waals surface area contributed by atoms with Gasteiger partial charge in [0.05, 0.1) is 13.0 Å². The molecule has 1 heterocycles. The van der Waals surface area contributed by atoms with Gasteiger partial charge in [0, 0.05) is 25.7 Å². The van der Waals surface area contributed by atoms with Gasteiger partial charge >= 0.3 is 6.18 Å². The Hall–Kier alpha value is -1.81. The van der Waals surface area contributed by atoms with Crippen molar-refractivity contribution in [3.63, 3.8) is 0 Å². The average Bonchev–Trinajstić information content (AvgIpc) is 2.53. The molecule has 0 bridgehead atoms. The first-order valence-corrected chi connectivity index (χ1v) is 9.02. The summed E-state index contributed by atoms with van der Waals surface area (Å²) in [6, 6.07) is 3.99. The van der Waals surface area contributed by atoms with Gasteiger partial charge in [0.1, 0.15) is 10.6 Å². The van der Waals surface area contributed by atoms with E-state index in [9.17, 15) is 26.4 Å². The zero-order chi connectivity index (χ0) is 18.8. The van der Waals surface area contributed by atoms with Crippen molar-refractivity contribution < 1.29 is 31.1 Å². The summed E-state index contributed by atoms with van der Waals surface area (Å²) in [7, 11) is -2.93. The molecular weight excluding hydrogens is 361 g/mol. The first-order chi connectivity index (χ1) is 11.6. The highest BCUT2D eigenvalue weighted by atomic mass is 32.2. The number of methoxy groups -OCH3 is 1. The topological polar surface area (TPSA) is 75.7 Å². The normalized spacial score (nSPS) is 19.5. The van der Waals surface area contributed by atoms with E-state index in [2.05, 4.69) is 5.32 Å². The molecule has 1 aliphatic heterocycles. The van der Waals surface area contributed by atoms with Crippen LogP contribution in [-0.2, 0) is 14.8 Å². The molecule has 0 radical (unpaired) electrons. The van der Waals surface area contributed by atoms with E-state index in [0.717, 1.165) is 4.31 Å². The fraction of sp³-hybridized carbons (Fsp3) is 0.533. The Morgan fingerprint density at radius 1 is 1.36 bits per heavy atom. The van der Waals surface area contributed by atoms with Crippen molar-refractivity contribution in [1.29, 1.82) is 0 Å². The number of carbonyl (C=O) groups excluding carboxylic acids is 1. The van der Waals surface area contributed by atoms with Gasteiger partial charge in [0.25, 0.3) is 0 Å². The molecule has 6 nitrogen and oxygen atoms in total. The minimum atomic E-state index is -4.45. The number of nitrogens with zero attached hydrogens (tertiary/aromatic N) is 1. The molecule has 1 aromatic carbocycles. The summed E-state index contributed by atoms with van der Waals surface area (Å²) >= 11 is 0. The number of ether oxygens (including phenoxy) is 1. The molecule has 10 heteroatoms. The monoisotopic (exact) mass is 380 g/mol. The molecule has 0 spiro atoms. The van der Waals surface area contributed by atoms with Crippen molar-refractivity contribution in [3.05, 3.63) is 18.2 Å². The van der Waals surface area contributed by atoms with Gasteiger partial charge in [-0.05, 0) is 31.0 Å². The summed E-state index contributed by atoms with van der Waals surface area (Å²) in [5.74, 6) is -2.09. The van der Waals surface area contributed by atoms with Crippen LogP contribution in [0.2, 0.25) is 0 Å². The standard InChI is InChI=1S/C15H19F3N2O4S/c1-10(21)19-12-5-6-13(24-2)14(8-12)25(22,23)20-7-3-4-11(9-20)15(16,17)18/h5-6,8,11H,3-4,7,9H2,1-2H3,(H,19,21)/t11-/m0/s1. The number of sulfonamides is 1. The molecule has 1 amide bonds. The maximum Gasteiger partial charge on any atom is 0.393 e. The minimum Gasteiger partial charge on any atom is -0.495 e. The highest BCUT2D eigenvalue weighted by Crippen LogP contribution is 2.37. The average molecular weight is 380 g/mol. The van der Waals surface area contributed by atoms with Crippen molar-refractivity contribution in [2.24, 2.45) is 5.92 Å². The maximum absolute atomic E-state index is 13.0. The van der Waals surface area contributed by atoms with Crippen LogP contribution in [0, 0.1) is 5.92 Å². The van der Waals surface area contributed by atoms with E-state index in [-0.39, 0.29) is 35.7 Å². The third-order valence-corrected chi connectivity index (χ3v) is 5.84. The molecule has 1 fully saturated rings. The third kappa shape index (κ3) is 4.43. The number of nitrogens with one attached hydrogen (secondary N) is 1. The van der Waals surface area contributed by atoms with Gasteiger partial charge in [-0.3, -0.25) is 4.79 Å². The van der Waals surface area contributed by atoms with Crippen LogP contribution in [0.5, 0.6) is 5.75 Å². The van der Waals surface area contributed by atoms with Crippen LogP contribution in [0.1, 0.15) is 19.8 Å². The summed E-state index contributed by atoms with van der Waals surface area (Å²) < 4.78 is 70.4. The number of rotatable bonds is 4. The first-order valence-electron chi connectivity index (χ1n) is 7.58. The Bertz CT molecular complexity index is 750. The lowest BCUT2D eigenvalue weighted by Crippen LogP contribution is -2.44. The Morgan fingerprint density at radius 2 is 2.04 bits per heavy atom. The van der Waals surface area contributed by atoms with Crippen LogP contribution >= 0.6 is 0 Å². The number of anilines is 1. The molecule has 1 aliphatic rings. The second-order valence-corrected chi connectivity index (χ2v) is 7.70. The van der Waals surface area contributed by atoms with Crippen molar-refractivity contribution in [1.82, 2.24) is 4.31 Å². The van der Waals surface area contributed by atoms with Gasteiger partial charge in [-0.25, -0.2) is 8.42 Å². The zero-order valence-electron chi connectivity index (χ0n) is 13.8. The molecule has 1 aromatic rings. The number of benzene rings is 1. The van der Waals surface area contributed by atoms with Crippen molar-refractivity contribution >= 4 is 21.6 Å². The lowest BCUT2D eigenvalue weighted by molar-refractivity contribution is -0.182. The molecular formula is C15H19F3N2O4S. The lowest BCUT2D eigenvalue weighted by Gasteiger charge is -2.33. The fourth-order valence-corrected chi connectivity index (χ4v) is 4.43. The minimum absolute atomic E-state index is 0.00241. The second kappa shape index (κ2) is 7.20. The van der Waals surface area contributed by atoms with Crippen molar-refractivity contribution in [2.45, 2.75) is 30.8 Å². The van der Waals surface area contributed by atoms with Gasteiger partial charge in [0.15, 0.2) is 0 Å². The number of piperidine rings is 1. The summed E-state index contributed by atoms with van der Waals surface area (Å²) in [5.41, 5.74) is 0.219. The predicted molar refractivity (Wildman–Crippen MR) is 84.8 cm³/mol. The Morgan fingerprint density at radius 3 is 2.60 bits per heavy atom. The Balaban J connectivity index is 2.39. The maximum atomic E-state index is 13.0. The van der Waals surface area contributed by atoms with E-state index < -0.39 is 34.6 Å². The smallest absolute Gasteiger partial charge is 0.393 e. The molecule has 140 valence electrons. The summed E-state index contributed by atoms with van der Waals surface area (Å²) in [4.78, 5) is 10.9. The molecule has 1 saturated heterocycles. The lowest BCUT2D eigenvalue weighted by atomic mass is 9.99. The van der Waals surface area contributed by atoms with E-state index in [1.54, 1.807) is 0 Å². The van der Waals surface area contributed by atoms with E-state index in [1.807, 2.05) is 0 Å².